The van der Waals surface area contributed by atoms with Crippen LogP contribution in [0.2, 0.25) is 0 Å². The van der Waals surface area contributed by atoms with Gasteiger partial charge in [-0.1, -0.05) is 13.8 Å². The van der Waals surface area contributed by atoms with Crippen LogP contribution >= 0.6 is 0 Å². The van der Waals surface area contributed by atoms with Crippen LogP contribution in [0.4, 0.5) is 0 Å². The zero-order valence-electron chi connectivity index (χ0n) is 11.1. The molecule has 5 heteroatoms. The van der Waals surface area contributed by atoms with Gasteiger partial charge in [-0.3, -0.25) is 4.79 Å². The highest BCUT2D eigenvalue weighted by Crippen LogP contribution is 2.13. The molecular weight excluding hydrogens is 230 g/mol. The summed E-state index contributed by atoms with van der Waals surface area (Å²) in [6, 6.07) is 0.464. The zero-order chi connectivity index (χ0) is 13.0. The second-order valence-electron chi connectivity index (χ2n) is 5.10. The smallest absolute Gasteiger partial charge is 0.225 e. The van der Waals surface area contributed by atoms with Crippen molar-refractivity contribution < 1.29 is 9.21 Å². The van der Waals surface area contributed by atoms with Crippen LogP contribution in [0.1, 0.15) is 32.4 Å². The van der Waals surface area contributed by atoms with E-state index < -0.39 is 0 Å². The number of carbonyl (C=O) groups is 1. The van der Waals surface area contributed by atoms with Gasteiger partial charge in [0.15, 0.2) is 6.39 Å². The maximum Gasteiger partial charge on any atom is 0.225 e. The van der Waals surface area contributed by atoms with Crippen molar-refractivity contribution in [3.8, 4) is 0 Å². The third-order valence-electron chi connectivity index (χ3n) is 3.35. The molecule has 0 saturated carbocycles. The summed E-state index contributed by atoms with van der Waals surface area (Å²) < 4.78 is 5.18. The number of rotatable bonds is 4. The first-order chi connectivity index (χ1) is 8.66. The lowest BCUT2D eigenvalue weighted by atomic mass is 10.0. The van der Waals surface area contributed by atoms with Crippen molar-refractivity contribution in [2.45, 2.75) is 39.3 Å². The molecule has 2 heterocycles. The highest BCUT2D eigenvalue weighted by atomic mass is 16.3. The number of aromatic nitrogens is 1. The maximum atomic E-state index is 11.8. The minimum Gasteiger partial charge on any atom is -0.447 e. The van der Waals surface area contributed by atoms with Crippen LogP contribution in [-0.4, -0.2) is 34.9 Å². The molecule has 1 N–H and O–H groups in total. The molecule has 0 spiro atoms. The van der Waals surface area contributed by atoms with Crippen LogP contribution in [0.25, 0.3) is 0 Å². The molecule has 0 aromatic carbocycles. The third-order valence-corrected chi connectivity index (χ3v) is 3.35. The molecule has 0 atom stereocenters. The summed E-state index contributed by atoms with van der Waals surface area (Å²) in [5.41, 5.74) is 0. The fraction of sp³-hybridized carbons (Fsp3) is 0.692. The van der Waals surface area contributed by atoms with Crippen LogP contribution in [0.3, 0.4) is 0 Å². The van der Waals surface area contributed by atoms with Crippen LogP contribution in [0, 0.1) is 5.92 Å². The second kappa shape index (κ2) is 6.00. The van der Waals surface area contributed by atoms with E-state index in [1.54, 1.807) is 6.20 Å². The Labute approximate surface area is 108 Å². The molecule has 100 valence electrons. The molecule has 0 aliphatic carbocycles. The lowest BCUT2D eigenvalue weighted by Gasteiger charge is -2.33. The number of likely N-dealkylation sites (tertiary alicyclic amines) is 1. The summed E-state index contributed by atoms with van der Waals surface area (Å²) in [6.07, 6.45) is 5.19. The Morgan fingerprint density at radius 1 is 1.56 bits per heavy atom. The number of nitrogens with one attached hydrogen (secondary N) is 1. The van der Waals surface area contributed by atoms with Crippen LogP contribution in [0.15, 0.2) is 17.0 Å². The number of carbonyl (C=O) groups excluding carboxylic acids is 1. The van der Waals surface area contributed by atoms with Gasteiger partial charge in [-0.2, -0.15) is 0 Å². The quantitative estimate of drug-likeness (QED) is 0.879. The van der Waals surface area contributed by atoms with E-state index in [9.17, 15) is 4.79 Å². The van der Waals surface area contributed by atoms with Crippen molar-refractivity contribution in [1.29, 1.82) is 0 Å². The molecule has 1 amide bonds. The lowest BCUT2D eigenvalue weighted by Crippen LogP contribution is -2.45. The molecule has 2 rings (SSSR count). The molecule has 1 aliphatic heterocycles. The molecule has 1 aromatic heterocycles. The SMILES string of the molecule is CC(C)C(=O)N1CCC(NCc2cnco2)CC1. The summed E-state index contributed by atoms with van der Waals surface area (Å²) in [4.78, 5) is 17.7. The zero-order valence-corrected chi connectivity index (χ0v) is 11.1. The molecular formula is C13H21N3O2. The molecule has 18 heavy (non-hydrogen) atoms. The Balaban J connectivity index is 1.72. The van der Waals surface area contributed by atoms with Crippen molar-refractivity contribution in [3.05, 3.63) is 18.4 Å². The fourth-order valence-electron chi connectivity index (χ4n) is 2.24. The van der Waals surface area contributed by atoms with E-state index in [-0.39, 0.29) is 11.8 Å². The second-order valence-corrected chi connectivity index (χ2v) is 5.10. The van der Waals surface area contributed by atoms with Gasteiger partial charge in [0.2, 0.25) is 5.91 Å². The highest BCUT2D eigenvalue weighted by molar-refractivity contribution is 5.78. The van der Waals surface area contributed by atoms with E-state index in [1.165, 1.54) is 6.39 Å². The van der Waals surface area contributed by atoms with Crippen molar-refractivity contribution in [2.75, 3.05) is 13.1 Å². The lowest BCUT2D eigenvalue weighted by molar-refractivity contribution is -0.135. The normalized spacial score (nSPS) is 17.4. The number of hydrogen-bond donors (Lipinski definition) is 1. The largest absolute Gasteiger partial charge is 0.447 e. The molecule has 0 unspecified atom stereocenters. The van der Waals surface area contributed by atoms with E-state index in [4.69, 9.17) is 4.42 Å². The monoisotopic (exact) mass is 251 g/mol. The number of amides is 1. The fourth-order valence-corrected chi connectivity index (χ4v) is 2.24. The summed E-state index contributed by atoms with van der Waals surface area (Å²) in [5, 5.41) is 3.44. The minimum atomic E-state index is 0.101. The van der Waals surface area contributed by atoms with E-state index in [0.717, 1.165) is 31.7 Å². The predicted octanol–water partition coefficient (Wildman–Crippen LogP) is 1.41. The molecule has 1 saturated heterocycles. The van der Waals surface area contributed by atoms with Gasteiger partial charge in [0.25, 0.3) is 0 Å². The van der Waals surface area contributed by atoms with Crippen LogP contribution in [0.5, 0.6) is 0 Å². The van der Waals surface area contributed by atoms with Gasteiger partial charge in [-0.05, 0) is 12.8 Å². The maximum absolute atomic E-state index is 11.8. The molecule has 0 radical (unpaired) electrons. The van der Waals surface area contributed by atoms with Crippen molar-refractivity contribution in [3.63, 3.8) is 0 Å². The summed E-state index contributed by atoms with van der Waals surface area (Å²) >= 11 is 0. The summed E-state index contributed by atoms with van der Waals surface area (Å²) in [6.45, 7) is 6.33. The first-order valence-corrected chi connectivity index (χ1v) is 6.56. The van der Waals surface area contributed by atoms with Gasteiger partial charge in [0.1, 0.15) is 5.76 Å². The van der Waals surface area contributed by atoms with E-state index in [2.05, 4.69) is 10.3 Å². The number of nitrogens with zero attached hydrogens (tertiary/aromatic N) is 2. The Morgan fingerprint density at radius 2 is 2.28 bits per heavy atom. The van der Waals surface area contributed by atoms with Gasteiger partial charge in [0.05, 0.1) is 12.7 Å². The Hall–Kier alpha value is -1.36. The van der Waals surface area contributed by atoms with E-state index in [1.807, 2.05) is 18.7 Å². The topological polar surface area (TPSA) is 58.4 Å². The Bertz CT molecular complexity index is 368. The standard InChI is InChI=1S/C13H21N3O2/c1-10(2)13(17)16-5-3-11(4-6-16)15-8-12-7-14-9-18-12/h7,9-11,15H,3-6,8H2,1-2H3. The summed E-state index contributed by atoms with van der Waals surface area (Å²) in [5.74, 6) is 1.23. The number of hydrogen-bond acceptors (Lipinski definition) is 4. The van der Waals surface area contributed by atoms with Crippen molar-refractivity contribution in [1.82, 2.24) is 15.2 Å². The van der Waals surface area contributed by atoms with Crippen molar-refractivity contribution in [2.24, 2.45) is 5.92 Å². The van der Waals surface area contributed by atoms with Gasteiger partial charge in [-0.15, -0.1) is 0 Å². The Morgan fingerprint density at radius 3 is 2.83 bits per heavy atom. The van der Waals surface area contributed by atoms with Crippen molar-refractivity contribution >= 4 is 5.91 Å². The highest BCUT2D eigenvalue weighted by Gasteiger charge is 2.23. The molecule has 5 nitrogen and oxygen atoms in total. The first kappa shape index (κ1) is 13.1. The van der Waals surface area contributed by atoms with E-state index in [0.29, 0.717) is 12.6 Å². The molecule has 1 aliphatic rings. The van der Waals surface area contributed by atoms with E-state index >= 15 is 0 Å². The molecule has 1 fully saturated rings. The minimum absolute atomic E-state index is 0.101. The summed E-state index contributed by atoms with van der Waals surface area (Å²) in [7, 11) is 0. The van der Waals surface area contributed by atoms with Gasteiger partial charge < -0.3 is 14.6 Å². The number of oxazole rings is 1. The number of piperidine rings is 1. The average molecular weight is 251 g/mol. The third kappa shape index (κ3) is 3.32. The average Bonchev–Trinajstić information content (AvgIpc) is 2.89. The first-order valence-electron chi connectivity index (χ1n) is 6.56. The predicted molar refractivity (Wildman–Crippen MR) is 67.8 cm³/mol. The Kier molecular flexibility index (Phi) is 4.36. The molecule has 1 aromatic rings. The van der Waals surface area contributed by atoms with Gasteiger partial charge >= 0.3 is 0 Å². The molecule has 0 bridgehead atoms. The van der Waals surface area contributed by atoms with Crippen LogP contribution in [-0.2, 0) is 11.3 Å². The van der Waals surface area contributed by atoms with Crippen LogP contribution < -0.4 is 5.32 Å². The van der Waals surface area contributed by atoms with Gasteiger partial charge in [-0.25, -0.2) is 4.98 Å². The van der Waals surface area contributed by atoms with Gasteiger partial charge in [0, 0.05) is 25.0 Å².